The van der Waals surface area contributed by atoms with Crippen LogP contribution in [-0.4, -0.2) is 12.1 Å². The minimum absolute atomic E-state index is 0.200. The average Bonchev–Trinajstić information content (AvgIpc) is 3.17. The molecule has 2 nitrogen and oxygen atoms in total. The maximum Gasteiger partial charge on any atom is 0.0919 e. The van der Waals surface area contributed by atoms with Gasteiger partial charge in [0.2, 0.25) is 0 Å². The standard InChI is InChI=1S/C31H50N2/c1-11-15-29(31(8,9)10)28(21(3)4)18-22(5)30(33-24(7)32-23(6)12-2)27-19-25-16-13-14-17-26(25)20-27/h13-14,16-17,23,27-30,32-33H,3,5,7,11-12,15,18-20H2,1-2,4,6,8-10H3. The summed E-state index contributed by atoms with van der Waals surface area (Å²) in [6.07, 6.45) is 6.68. The van der Waals surface area contributed by atoms with E-state index in [1.54, 1.807) is 0 Å². The van der Waals surface area contributed by atoms with Crippen molar-refractivity contribution in [3.8, 4) is 0 Å². The van der Waals surface area contributed by atoms with Gasteiger partial charge in [-0.3, -0.25) is 0 Å². The number of allylic oxidation sites excluding steroid dienone is 1. The number of rotatable bonds is 13. The molecule has 2 heteroatoms. The summed E-state index contributed by atoms with van der Waals surface area (Å²) in [6, 6.07) is 9.50. The summed E-state index contributed by atoms with van der Waals surface area (Å²) in [7, 11) is 0. The van der Waals surface area contributed by atoms with E-state index >= 15 is 0 Å². The fraction of sp³-hybridized carbons (Fsp3) is 0.613. The molecule has 0 amide bonds. The van der Waals surface area contributed by atoms with Crippen molar-refractivity contribution < 1.29 is 0 Å². The first kappa shape index (κ1) is 27.3. The minimum Gasteiger partial charge on any atom is -0.370 e. The molecule has 0 spiro atoms. The highest BCUT2D eigenvalue weighted by molar-refractivity contribution is 5.34. The van der Waals surface area contributed by atoms with Gasteiger partial charge in [0.05, 0.1) is 11.9 Å². The van der Waals surface area contributed by atoms with Crippen LogP contribution in [0.3, 0.4) is 0 Å². The van der Waals surface area contributed by atoms with E-state index < -0.39 is 0 Å². The van der Waals surface area contributed by atoms with Crippen molar-refractivity contribution in [2.24, 2.45) is 23.2 Å². The van der Waals surface area contributed by atoms with E-state index in [0.717, 1.165) is 31.5 Å². The largest absolute Gasteiger partial charge is 0.370 e. The van der Waals surface area contributed by atoms with Crippen molar-refractivity contribution in [3.05, 3.63) is 72.1 Å². The van der Waals surface area contributed by atoms with E-state index in [4.69, 9.17) is 0 Å². The molecule has 2 rings (SSSR count). The monoisotopic (exact) mass is 450 g/mol. The molecule has 4 unspecified atom stereocenters. The summed E-state index contributed by atoms with van der Waals surface area (Å²) >= 11 is 0. The molecule has 0 aromatic heterocycles. The molecule has 33 heavy (non-hydrogen) atoms. The van der Waals surface area contributed by atoms with Gasteiger partial charge in [-0.25, -0.2) is 0 Å². The van der Waals surface area contributed by atoms with E-state index in [-0.39, 0.29) is 11.5 Å². The zero-order valence-electron chi connectivity index (χ0n) is 22.6. The predicted molar refractivity (Wildman–Crippen MR) is 146 cm³/mol. The highest BCUT2D eigenvalue weighted by Gasteiger charge is 2.36. The summed E-state index contributed by atoms with van der Waals surface area (Å²) in [5.74, 6) is 2.45. The molecule has 0 heterocycles. The molecule has 0 saturated carbocycles. The Morgan fingerprint density at radius 1 is 1.03 bits per heavy atom. The van der Waals surface area contributed by atoms with Crippen LogP contribution in [0.15, 0.2) is 61.0 Å². The molecule has 1 aliphatic carbocycles. The minimum atomic E-state index is 0.200. The van der Waals surface area contributed by atoms with Crippen molar-refractivity contribution in [3.63, 3.8) is 0 Å². The lowest BCUT2D eigenvalue weighted by atomic mass is 9.66. The van der Waals surface area contributed by atoms with Gasteiger partial charge in [-0.05, 0) is 80.2 Å². The second kappa shape index (κ2) is 12.0. The zero-order valence-corrected chi connectivity index (χ0v) is 22.6. The van der Waals surface area contributed by atoms with Gasteiger partial charge >= 0.3 is 0 Å². The second-order valence-corrected chi connectivity index (χ2v) is 11.6. The molecule has 2 N–H and O–H groups in total. The van der Waals surface area contributed by atoms with Gasteiger partial charge in [-0.15, -0.1) is 0 Å². The Labute approximate surface area is 205 Å². The average molecular weight is 451 g/mol. The van der Waals surface area contributed by atoms with E-state index in [1.165, 1.54) is 35.1 Å². The van der Waals surface area contributed by atoms with Crippen LogP contribution < -0.4 is 10.6 Å². The molecular formula is C31H50N2. The fourth-order valence-corrected chi connectivity index (χ4v) is 5.63. The number of hydrogen-bond donors (Lipinski definition) is 2. The Morgan fingerprint density at radius 3 is 2.06 bits per heavy atom. The van der Waals surface area contributed by atoms with E-state index in [1.807, 2.05) is 0 Å². The van der Waals surface area contributed by atoms with Crippen LogP contribution in [0.4, 0.5) is 0 Å². The van der Waals surface area contributed by atoms with Gasteiger partial charge in [0.15, 0.2) is 0 Å². The molecule has 184 valence electrons. The lowest BCUT2D eigenvalue weighted by Crippen LogP contribution is -2.43. The first-order valence-electron chi connectivity index (χ1n) is 13.1. The molecule has 0 saturated heterocycles. The van der Waals surface area contributed by atoms with Crippen molar-refractivity contribution in [2.45, 2.75) is 99.1 Å². The lowest BCUT2D eigenvalue weighted by Gasteiger charge is -2.40. The molecule has 0 aliphatic heterocycles. The highest BCUT2D eigenvalue weighted by atomic mass is 15.1. The van der Waals surface area contributed by atoms with Crippen molar-refractivity contribution in [2.75, 3.05) is 0 Å². The maximum absolute atomic E-state index is 4.69. The van der Waals surface area contributed by atoms with Gasteiger partial charge in [0.1, 0.15) is 0 Å². The fourth-order valence-electron chi connectivity index (χ4n) is 5.63. The molecule has 0 bridgehead atoms. The van der Waals surface area contributed by atoms with E-state index in [0.29, 0.717) is 23.8 Å². The Morgan fingerprint density at radius 2 is 1.61 bits per heavy atom. The van der Waals surface area contributed by atoms with Gasteiger partial charge in [0, 0.05) is 6.04 Å². The first-order chi connectivity index (χ1) is 15.5. The molecule has 4 atom stereocenters. The topological polar surface area (TPSA) is 24.1 Å². The van der Waals surface area contributed by atoms with Gasteiger partial charge in [-0.1, -0.05) is 96.2 Å². The molecule has 1 aromatic rings. The summed E-state index contributed by atoms with van der Waals surface area (Å²) in [5, 5.41) is 7.32. The smallest absolute Gasteiger partial charge is 0.0919 e. The number of nitrogens with one attached hydrogen (secondary N) is 2. The van der Waals surface area contributed by atoms with Crippen molar-refractivity contribution >= 4 is 0 Å². The van der Waals surface area contributed by atoms with Crippen LogP contribution in [-0.2, 0) is 12.8 Å². The lowest BCUT2D eigenvalue weighted by molar-refractivity contribution is 0.161. The summed E-state index contributed by atoms with van der Waals surface area (Å²) < 4.78 is 0. The third-order valence-electron chi connectivity index (χ3n) is 7.67. The SMILES string of the molecule is C=C(NC(C)CC)NC(C(=C)CC(C(=C)C)C(CCC)C(C)(C)C)C1Cc2ccccc2C1. The molecule has 1 aromatic carbocycles. The Kier molecular flexibility index (Phi) is 9.88. The van der Waals surface area contributed by atoms with Crippen LogP contribution in [0.25, 0.3) is 0 Å². The normalized spacial score (nSPS) is 17.5. The zero-order chi connectivity index (χ0) is 24.8. The quantitative estimate of drug-likeness (QED) is 0.299. The third kappa shape index (κ3) is 7.52. The van der Waals surface area contributed by atoms with Gasteiger partial charge in [0.25, 0.3) is 0 Å². The van der Waals surface area contributed by atoms with Crippen LogP contribution in [0.2, 0.25) is 0 Å². The molecule has 0 radical (unpaired) electrons. The Bertz CT molecular complexity index is 787. The van der Waals surface area contributed by atoms with E-state index in [2.05, 4.69) is 103 Å². The third-order valence-corrected chi connectivity index (χ3v) is 7.67. The number of benzene rings is 1. The van der Waals surface area contributed by atoms with Crippen molar-refractivity contribution in [1.29, 1.82) is 0 Å². The van der Waals surface area contributed by atoms with Crippen LogP contribution in [0.5, 0.6) is 0 Å². The van der Waals surface area contributed by atoms with Crippen LogP contribution in [0, 0.1) is 23.2 Å². The molecule has 0 fully saturated rings. The van der Waals surface area contributed by atoms with Gasteiger partial charge in [-0.2, -0.15) is 0 Å². The summed E-state index contributed by atoms with van der Waals surface area (Å²) in [4.78, 5) is 0. The number of fused-ring (bicyclic) bond motifs is 1. The number of hydrogen-bond acceptors (Lipinski definition) is 2. The highest BCUT2D eigenvalue weighted by Crippen LogP contribution is 2.42. The maximum atomic E-state index is 4.69. The Balaban J connectivity index is 2.27. The van der Waals surface area contributed by atoms with Crippen LogP contribution in [0.1, 0.15) is 85.3 Å². The van der Waals surface area contributed by atoms with Crippen LogP contribution >= 0.6 is 0 Å². The summed E-state index contributed by atoms with van der Waals surface area (Å²) in [5.41, 5.74) is 5.79. The van der Waals surface area contributed by atoms with Crippen molar-refractivity contribution in [1.82, 2.24) is 10.6 Å². The van der Waals surface area contributed by atoms with Gasteiger partial charge < -0.3 is 10.6 Å². The molecule has 1 aliphatic rings. The van der Waals surface area contributed by atoms with E-state index in [9.17, 15) is 0 Å². The predicted octanol–water partition coefficient (Wildman–Crippen LogP) is 7.82. The second-order valence-electron chi connectivity index (χ2n) is 11.6. The molecular weight excluding hydrogens is 400 g/mol. The Hall–Kier alpha value is -1.96. The first-order valence-corrected chi connectivity index (χ1v) is 13.1. The summed E-state index contributed by atoms with van der Waals surface area (Å²) in [6.45, 7) is 29.5.